The normalized spacial score (nSPS) is 20.3. The number of nitrogens with one attached hydrogen (secondary N) is 1. The molecule has 1 unspecified atom stereocenters. The predicted octanol–water partition coefficient (Wildman–Crippen LogP) is 3.43. The highest BCUT2D eigenvalue weighted by Crippen LogP contribution is 2.38. The lowest BCUT2D eigenvalue weighted by Crippen LogP contribution is -2.46. The van der Waals surface area contributed by atoms with Gasteiger partial charge in [0.15, 0.2) is 0 Å². The van der Waals surface area contributed by atoms with Crippen molar-refractivity contribution >= 4 is 17.8 Å². The average molecular weight is 416 g/mol. The fourth-order valence-corrected chi connectivity index (χ4v) is 4.36. The van der Waals surface area contributed by atoms with E-state index in [4.69, 9.17) is 4.74 Å². The van der Waals surface area contributed by atoms with Crippen LogP contribution in [0.2, 0.25) is 0 Å². The minimum Gasteiger partial charge on any atom is -0.463 e. The minimum atomic E-state index is -0.740. The van der Waals surface area contributed by atoms with Crippen molar-refractivity contribution in [1.82, 2.24) is 10.2 Å². The second kappa shape index (κ2) is 9.87. The lowest BCUT2D eigenvalue weighted by Gasteiger charge is -2.34. The van der Waals surface area contributed by atoms with Gasteiger partial charge in [-0.05, 0) is 38.3 Å². The van der Waals surface area contributed by atoms with E-state index < -0.39 is 17.7 Å². The second-order valence-corrected chi connectivity index (χ2v) is 7.88. The minimum absolute atomic E-state index is 0.0941. The summed E-state index contributed by atoms with van der Waals surface area (Å²) < 4.78 is 19.7. The van der Waals surface area contributed by atoms with E-state index in [2.05, 4.69) is 5.32 Å². The van der Waals surface area contributed by atoms with Gasteiger partial charge in [0.1, 0.15) is 12.4 Å². The summed E-state index contributed by atoms with van der Waals surface area (Å²) >= 11 is 0. The molecule has 0 aromatic heterocycles. The van der Waals surface area contributed by atoms with Gasteiger partial charge in [0.25, 0.3) is 0 Å². The lowest BCUT2D eigenvalue weighted by molar-refractivity contribution is -0.141. The number of benzene rings is 1. The first kappa shape index (κ1) is 22.0. The topological polar surface area (TPSA) is 75.7 Å². The zero-order valence-electron chi connectivity index (χ0n) is 17.6. The maximum Gasteiger partial charge on any atom is 0.336 e. The third-order valence-corrected chi connectivity index (χ3v) is 5.87. The molecule has 162 valence electrons. The number of halogens is 1. The summed E-state index contributed by atoms with van der Waals surface area (Å²) in [7, 11) is 0. The zero-order chi connectivity index (χ0) is 21.7. The molecule has 6 nitrogen and oxygen atoms in total. The number of ether oxygens (including phenoxy) is 1. The van der Waals surface area contributed by atoms with E-state index in [1.54, 1.807) is 32.0 Å². The molecule has 1 aliphatic heterocycles. The molecule has 1 aromatic rings. The summed E-state index contributed by atoms with van der Waals surface area (Å²) in [5, 5.41) is 3.00. The van der Waals surface area contributed by atoms with E-state index in [0.717, 1.165) is 25.7 Å². The smallest absolute Gasteiger partial charge is 0.336 e. The molecule has 1 aliphatic carbocycles. The van der Waals surface area contributed by atoms with E-state index in [-0.39, 0.29) is 48.6 Å². The molecule has 0 saturated heterocycles. The summed E-state index contributed by atoms with van der Waals surface area (Å²) in [6.45, 7) is 3.31. The first-order chi connectivity index (χ1) is 14.4. The van der Waals surface area contributed by atoms with Gasteiger partial charge in [-0.2, -0.15) is 0 Å². The van der Waals surface area contributed by atoms with Gasteiger partial charge < -0.3 is 15.0 Å². The Balaban J connectivity index is 1.87. The Kier molecular flexibility index (Phi) is 7.24. The van der Waals surface area contributed by atoms with Crippen molar-refractivity contribution in [2.75, 3.05) is 13.2 Å². The largest absolute Gasteiger partial charge is 0.463 e. The Morgan fingerprint density at radius 1 is 1.20 bits per heavy atom. The van der Waals surface area contributed by atoms with Crippen LogP contribution in [0.4, 0.5) is 4.39 Å². The van der Waals surface area contributed by atoms with Gasteiger partial charge in [0, 0.05) is 24.1 Å². The first-order valence-electron chi connectivity index (χ1n) is 10.6. The number of carbonyl (C=O) groups is 3. The van der Waals surface area contributed by atoms with Crippen LogP contribution in [0, 0.1) is 5.82 Å². The molecule has 3 rings (SSSR count). The number of hydrogen-bond acceptors (Lipinski definition) is 4. The molecule has 30 heavy (non-hydrogen) atoms. The molecule has 0 spiro atoms. The first-order valence-corrected chi connectivity index (χ1v) is 10.6. The van der Waals surface area contributed by atoms with Crippen LogP contribution in [-0.4, -0.2) is 41.9 Å². The zero-order valence-corrected chi connectivity index (χ0v) is 17.6. The van der Waals surface area contributed by atoms with Crippen molar-refractivity contribution in [1.29, 1.82) is 0 Å². The van der Waals surface area contributed by atoms with Crippen molar-refractivity contribution in [3.05, 3.63) is 46.9 Å². The Morgan fingerprint density at radius 3 is 2.57 bits per heavy atom. The second-order valence-electron chi connectivity index (χ2n) is 7.88. The van der Waals surface area contributed by atoms with E-state index in [9.17, 15) is 18.8 Å². The molecule has 1 N–H and O–H groups in total. The van der Waals surface area contributed by atoms with Gasteiger partial charge in [0.2, 0.25) is 11.8 Å². The lowest BCUT2D eigenvalue weighted by atomic mass is 9.83. The van der Waals surface area contributed by atoms with Crippen molar-refractivity contribution in [2.45, 2.75) is 64.3 Å². The van der Waals surface area contributed by atoms with Crippen LogP contribution in [0.1, 0.15) is 63.9 Å². The number of rotatable bonds is 6. The summed E-state index contributed by atoms with van der Waals surface area (Å²) in [5.41, 5.74) is 0.850. The Bertz CT molecular complexity index is 845. The molecule has 1 saturated carbocycles. The van der Waals surface area contributed by atoms with Gasteiger partial charge in [-0.25, -0.2) is 9.18 Å². The summed E-state index contributed by atoms with van der Waals surface area (Å²) in [6.07, 6.45) is 5.14. The highest BCUT2D eigenvalue weighted by molar-refractivity contribution is 5.97. The highest BCUT2D eigenvalue weighted by atomic mass is 19.1. The maximum atomic E-state index is 14.5. The van der Waals surface area contributed by atoms with Crippen molar-refractivity contribution in [3.63, 3.8) is 0 Å². The van der Waals surface area contributed by atoms with Gasteiger partial charge in [0.05, 0.1) is 12.2 Å². The van der Waals surface area contributed by atoms with Gasteiger partial charge in [-0.1, -0.05) is 37.5 Å². The predicted molar refractivity (Wildman–Crippen MR) is 110 cm³/mol. The molecular formula is C23H29FN2O4. The van der Waals surface area contributed by atoms with Crippen molar-refractivity contribution in [3.8, 4) is 0 Å². The standard InChI is InChI=1S/C23H29FN2O4/c1-3-30-23(29)22-15(2)26(14-20(27)25-16-9-5-4-6-10-16)21(28)13-18(22)17-11-7-8-12-19(17)24/h7-8,11-12,16,18H,3-6,9-10,13-14H2,1-2H3,(H,25,27). The van der Waals surface area contributed by atoms with Crippen LogP contribution in [0.15, 0.2) is 35.5 Å². The molecule has 2 aliphatic rings. The van der Waals surface area contributed by atoms with Crippen LogP contribution in [-0.2, 0) is 19.1 Å². The molecule has 7 heteroatoms. The molecule has 0 radical (unpaired) electrons. The van der Waals surface area contributed by atoms with E-state index in [0.29, 0.717) is 5.70 Å². The summed E-state index contributed by atoms with van der Waals surface area (Å²) in [4.78, 5) is 39.5. The third-order valence-electron chi connectivity index (χ3n) is 5.87. The molecule has 1 heterocycles. The number of allylic oxidation sites excluding steroid dienone is 1. The van der Waals surface area contributed by atoms with Gasteiger partial charge >= 0.3 is 5.97 Å². The maximum absolute atomic E-state index is 14.5. The molecule has 2 amide bonds. The Hall–Kier alpha value is -2.70. The Labute approximate surface area is 176 Å². The number of esters is 1. The van der Waals surface area contributed by atoms with Crippen molar-refractivity contribution < 1.29 is 23.5 Å². The number of hydrogen-bond donors (Lipinski definition) is 1. The molecular weight excluding hydrogens is 387 g/mol. The number of carbonyl (C=O) groups excluding carboxylic acids is 3. The molecule has 0 bridgehead atoms. The van der Waals surface area contributed by atoms with Crippen LogP contribution in [0.3, 0.4) is 0 Å². The van der Waals surface area contributed by atoms with Crippen LogP contribution in [0.25, 0.3) is 0 Å². The molecule has 1 atom stereocenters. The summed E-state index contributed by atoms with van der Waals surface area (Å²) in [6, 6.07) is 6.25. The van der Waals surface area contributed by atoms with Gasteiger partial charge in [-0.3, -0.25) is 9.59 Å². The fraction of sp³-hybridized carbons (Fsp3) is 0.522. The monoisotopic (exact) mass is 416 g/mol. The SMILES string of the molecule is CCOC(=O)C1=C(C)N(CC(=O)NC2CCCCC2)C(=O)CC1c1ccccc1F. The van der Waals surface area contributed by atoms with E-state index in [1.165, 1.54) is 17.4 Å². The van der Waals surface area contributed by atoms with Crippen LogP contribution in [0.5, 0.6) is 0 Å². The number of nitrogens with zero attached hydrogens (tertiary/aromatic N) is 1. The molecule has 1 aromatic carbocycles. The molecule has 1 fully saturated rings. The van der Waals surface area contributed by atoms with Crippen molar-refractivity contribution in [2.24, 2.45) is 0 Å². The van der Waals surface area contributed by atoms with E-state index in [1.807, 2.05) is 0 Å². The fourth-order valence-electron chi connectivity index (χ4n) is 4.36. The Morgan fingerprint density at radius 2 is 1.90 bits per heavy atom. The summed E-state index contributed by atoms with van der Waals surface area (Å²) in [5.74, 6) is -2.37. The number of amides is 2. The highest BCUT2D eigenvalue weighted by Gasteiger charge is 2.38. The quantitative estimate of drug-likeness (QED) is 0.721. The van der Waals surface area contributed by atoms with E-state index >= 15 is 0 Å². The average Bonchev–Trinajstić information content (AvgIpc) is 2.72. The van der Waals surface area contributed by atoms with Crippen LogP contribution >= 0.6 is 0 Å². The third kappa shape index (κ3) is 4.89. The van der Waals surface area contributed by atoms with Gasteiger partial charge in [-0.15, -0.1) is 0 Å². The van der Waals surface area contributed by atoms with Crippen LogP contribution < -0.4 is 5.32 Å².